The van der Waals surface area contributed by atoms with Crippen LogP contribution in [0.3, 0.4) is 0 Å². The molecule has 1 aliphatic carbocycles. The third-order valence-electron chi connectivity index (χ3n) is 4.36. The molecule has 1 fully saturated rings. The summed E-state index contributed by atoms with van der Waals surface area (Å²) in [7, 11) is 0. The van der Waals surface area contributed by atoms with Crippen LogP contribution < -0.4 is 5.73 Å². The van der Waals surface area contributed by atoms with Crippen LogP contribution in [-0.2, 0) is 5.75 Å². The molecule has 0 spiro atoms. The van der Waals surface area contributed by atoms with Crippen LogP contribution in [-0.4, -0.2) is 11.3 Å². The first-order chi connectivity index (χ1) is 8.88. The lowest BCUT2D eigenvalue weighted by Gasteiger charge is -2.41. The molecular weight excluding hydrogens is 250 g/mol. The van der Waals surface area contributed by atoms with Crippen LogP contribution in [0.25, 0.3) is 0 Å². The van der Waals surface area contributed by atoms with Crippen LogP contribution in [0.5, 0.6) is 0 Å². The zero-order valence-electron chi connectivity index (χ0n) is 12.7. The van der Waals surface area contributed by atoms with Gasteiger partial charge in [-0.1, -0.05) is 49.6 Å². The SMILES string of the molecule is Cc1cc(C)cc(CSC2CCCC(C)(C)C2N)c1. The van der Waals surface area contributed by atoms with Gasteiger partial charge in [0.15, 0.2) is 0 Å². The predicted octanol–water partition coefficient (Wildman–Crippen LogP) is 4.44. The Hall–Kier alpha value is -0.470. The molecule has 0 aromatic heterocycles. The number of hydrogen-bond donors (Lipinski definition) is 1. The van der Waals surface area contributed by atoms with Crippen molar-refractivity contribution in [2.75, 3.05) is 0 Å². The molecule has 0 bridgehead atoms. The molecule has 2 atom stereocenters. The molecule has 0 heterocycles. The molecule has 106 valence electrons. The lowest BCUT2D eigenvalue weighted by Crippen LogP contribution is -2.48. The van der Waals surface area contributed by atoms with E-state index in [2.05, 4.69) is 57.7 Å². The Bertz CT molecular complexity index is 419. The maximum atomic E-state index is 6.46. The van der Waals surface area contributed by atoms with Gasteiger partial charge < -0.3 is 5.73 Å². The molecule has 2 N–H and O–H groups in total. The summed E-state index contributed by atoms with van der Waals surface area (Å²) in [5.74, 6) is 1.09. The van der Waals surface area contributed by atoms with Gasteiger partial charge >= 0.3 is 0 Å². The van der Waals surface area contributed by atoms with Crippen molar-refractivity contribution in [1.82, 2.24) is 0 Å². The lowest BCUT2D eigenvalue weighted by molar-refractivity contribution is 0.208. The number of benzene rings is 1. The second kappa shape index (κ2) is 5.88. The highest BCUT2D eigenvalue weighted by atomic mass is 32.2. The molecule has 0 radical (unpaired) electrons. The molecule has 2 unspecified atom stereocenters. The van der Waals surface area contributed by atoms with Crippen LogP contribution >= 0.6 is 11.8 Å². The first kappa shape index (κ1) is 14.9. The fraction of sp³-hybridized carbons (Fsp3) is 0.647. The summed E-state index contributed by atoms with van der Waals surface area (Å²) in [4.78, 5) is 0. The average molecular weight is 277 g/mol. The van der Waals surface area contributed by atoms with E-state index in [0.717, 1.165) is 5.75 Å². The van der Waals surface area contributed by atoms with Crippen molar-refractivity contribution in [2.24, 2.45) is 11.1 Å². The molecule has 1 aromatic carbocycles. The van der Waals surface area contributed by atoms with Gasteiger partial charge in [0.1, 0.15) is 0 Å². The molecule has 0 amide bonds. The number of nitrogens with two attached hydrogens (primary N) is 1. The maximum Gasteiger partial charge on any atom is 0.0211 e. The van der Waals surface area contributed by atoms with Gasteiger partial charge in [-0.05, 0) is 37.7 Å². The molecule has 2 heteroatoms. The summed E-state index contributed by atoms with van der Waals surface area (Å²) in [5.41, 5.74) is 10.9. The lowest BCUT2D eigenvalue weighted by atomic mass is 9.73. The van der Waals surface area contributed by atoms with E-state index in [9.17, 15) is 0 Å². The Labute approximate surface area is 122 Å². The van der Waals surface area contributed by atoms with Crippen LogP contribution in [0, 0.1) is 19.3 Å². The Balaban J connectivity index is 1.98. The van der Waals surface area contributed by atoms with E-state index in [0.29, 0.717) is 16.7 Å². The Kier molecular flexibility index (Phi) is 4.62. The van der Waals surface area contributed by atoms with E-state index in [1.54, 1.807) is 0 Å². The van der Waals surface area contributed by atoms with Crippen molar-refractivity contribution in [1.29, 1.82) is 0 Å². The predicted molar refractivity (Wildman–Crippen MR) is 86.6 cm³/mol. The van der Waals surface area contributed by atoms with Crippen LogP contribution in [0.15, 0.2) is 18.2 Å². The molecule has 1 aromatic rings. The second-order valence-corrected chi connectivity index (χ2v) is 7.98. The number of rotatable bonds is 3. The van der Waals surface area contributed by atoms with Gasteiger partial charge in [-0.15, -0.1) is 0 Å². The van der Waals surface area contributed by atoms with Gasteiger partial charge in [0.2, 0.25) is 0 Å². The summed E-state index contributed by atoms with van der Waals surface area (Å²) in [5, 5.41) is 0.615. The number of hydrogen-bond acceptors (Lipinski definition) is 2. The van der Waals surface area contributed by atoms with Gasteiger partial charge in [-0.25, -0.2) is 0 Å². The number of thioether (sulfide) groups is 1. The average Bonchev–Trinajstić information content (AvgIpc) is 2.30. The smallest absolute Gasteiger partial charge is 0.0211 e. The van der Waals surface area contributed by atoms with Gasteiger partial charge in [-0.3, -0.25) is 0 Å². The summed E-state index contributed by atoms with van der Waals surface area (Å²) < 4.78 is 0. The van der Waals surface area contributed by atoms with Crippen LogP contribution in [0.4, 0.5) is 0 Å². The third-order valence-corrected chi connectivity index (χ3v) is 5.82. The number of aryl methyl sites for hydroxylation is 2. The minimum absolute atomic E-state index is 0.304. The zero-order chi connectivity index (χ0) is 14.0. The van der Waals surface area contributed by atoms with Crippen molar-refractivity contribution < 1.29 is 0 Å². The minimum Gasteiger partial charge on any atom is -0.326 e. The molecule has 1 nitrogen and oxygen atoms in total. The van der Waals surface area contributed by atoms with Crippen molar-refractivity contribution >= 4 is 11.8 Å². The van der Waals surface area contributed by atoms with E-state index in [4.69, 9.17) is 5.73 Å². The molecule has 2 rings (SSSR count). The van der Waals surface area contributed by atoms with E-state index >= 15 is 0 Å². The van der Waals surface area contributed by atoms with E-state index < -0.39 is 0 Å². The highest BCUT2D eigenvalue weighted by Gasteiger charge is 2.36. The largest absolute Gasteiger partial charge is 0.326 e. The van der Waals surface area contributed by atoms with Crippen LogP contribution in [0.1, 0.15) is 49.8 Å². The van der Waals surface area contributed by atoms with E-state index in [1.807, 2.05) is 0 Å². The summed E-state index contributed by atoms with van der Waals surface area (Å²) in [6, 6.07) is 7.18. The fourth-order valence-electron chi connectivity index (χ4n) is 3.15. The highest BCUT2D eigenvalue weighted by Crippen LogP contribution is 2.40. The van der Waals surface area contributed by atoms with E-state index in [1.165, 1.54) is 36.0 Å². The fourth-order valence-corrected chi connectivity index (χ4v) is 4.63. The van der Waals surface area contributed by atoms with Crippen molar-refractivity contribution in [3.63, 3.8) is 0 Å². The molecule has 0 saturated heterocycles. The van der Waals surface area contributed by atoms with Gasteiger partial charge in [-0.2, -0.15) is 11.8 Å². The van der Waals surface area contributed by atoms with Gasteiger partial charge in [0, 0.05) is 17.0 Å². The van der Waals surface area contributed by atoms with Gasteiger partial charge in [0.05, 0.1) is 0 Å². The standard InChI is InChI=1S/C17H27NS/c1-12-8-13(2)10-14(9-12)11-19-15-6-5-7-17(3,4)16(15)18/h8-10,15-16H,5-7,11,18H2,1-4H3. The Morgan fingerprint density at radius 2 is 1.84 bits per heavy atom. The Morgan fingerprint density at radius 1 is 1.21 bits per heavy atom. The minimum atomic E-state index is 0.304. The van der Waals surface area contributed by atoms with Crippen molar-refractivity contribution in [3.8, 4) is 0 Å². The quantitative estimate of drug-likeness (QED) is 0.883. The first-order valence-electron chi connectivity index (χ1n) is 7.33. The third kappa shape index (κ3) is 3.76. The van der Waals surface area contributed by atoms with E-state index in [-0.39, 0.29) is 0 Å². The summed E-state index contributed by atoms with van der Waals surface area (Å²) in [6.45, 7) is 9.00. The molecule has 1 saturated carbocycles. The maximum absolute atomic E-state index is 6.46. The normalized spacial score (nSPS) is 26.4. The molecule has 1 aliphatic rings. The topological polar surface area (TPSA) is 26.0 Å². The van der Waals surface area contributed by atoms with Crippen molar-refractivity contribution in [2.45, 2.75) is 64.0 Å². The second-order valence-electron chi connectivity index (χ2n) is 6.75. The molecule has 19 heavy (non-hydrogen) atoms. The zero-order valence-corrected chi connectivity index (χ0v) is 13.5. The van der Waals surface area contributed by atoms with Crippen molar-refractivity contribution in [3.05, 3.63) is 34.9 Å². The monoisotopic (exact) mass is 277 g/mol. The summed E-state index contributed by atoms with van der Waals surface area (Å²) in [6.07, 6.45) is 3.88. The first-order valence-corrected chi connectivity index (χ1v) is 8.38. The Morgan fingerprint density at radius 3 is 2.47 bits per heavy atom. The molecular formula is C17H27NS. The van der Waals surface area contributed by atoms with Crippen LogP contribution in [0.2, 0.25) is 0 Å². The molecule has 0 aliphatic heterocycles. The highest BCUT2D eigenvalue weighted by molar-refractivity contribution is 7.99. The summed E-state index contributed by atoms with van der Waals surface area (Å²) >= 11 is 2.05. The van der Waals surface area contributed by atoms with Gasteiger partial charge in [0.25, 0.3) is 0 Å².